The van der Waals surface area contributed by atoms with Crippen LogP contribution in [0.2, 0.25) is 0 Å². The van der Waals surface area contributed by atoms with Crippen molar-refractivity contribution in [3.63, 3.8) is 0 Å². The standard InChI is InChI=1S/C12H16N4/c13-8-5-6-14-11(7-8)12-15-9-3-1-2-4-10(9)16-12/h1-4,8,11,14H,5-7,13H2,(H,15,16)/t8-,11-/m1/s1. The van der Waals surface area contributed by atoms with Gasteiger partial charge in [-0.1, -0.05) is 12.1 Å². The fourth-order valence-corrected chi connectivity index (χ4v) is 2.29. The number of H-pyrrole nitrogens is 1. The van der Waals surface area contributed by atoms with Gasteiger partial charge in [-0.2, -0.15) is 0 Å². The average Bonchev–Trinajstić information content (AvgIpc) is 2.72. The molecule has 1 saturated heterocycles. The summed E-state index contributed by atoms with van der Waals surface area (Å²) < 4.78 is 0. The second kappa shape index (κ2) is 3.88. The molecule has 1 aromatic heterocycles. The van der Waals surface area contributed by atoms with Crippen molar-refractivity contribution in [1.29, 1.82) is 0 Å². The van der Waals surface area contributed by atoms with Crippen molar-refractivity contribution in [2.75, 3.05) is 6.54 Å². The van der Waals surface area contributed by atoms with Gasteiger partial charge in [-0.25, -0.2) is 4.98 Å². The van der Waals surface area contributed by atoms with Gasteiger partial charge in [0.05, 0.1) is 17.1 Å². The van der Waals surface area contributed by atoms with E-state index in [9.17, 15) is 0 Å². The summed E-state index contributed by atoms with van der Waals surface area (Å²) in [7, 11) is 0. The van der Waals surface area contributed by atoms with E-state index in [1.54, 1.807) is 0 Å². The van der Waals surface area contributed by atoms with Crippen LogP contribution in [0.1, 0.15) is 24.7 Å². The number of nitrogens with one attached hydrogen (secondary N) is 2. The van der Waals surface area contributed by atoms with Crippen LogP contribution in [0.15, 0.2) is 24.3 Å². The summed E-state index contributed by atoms with van der Waals surface area (Å²) in [5, 5.41) is 3.45. The molecule has 0 spiro atoms. The molecule has 1 aromatic carbocycles. The highest BCUT2D eigenvalue weighted by Gasteiger charge is 2.22. The monoisotopic (exact) mass is 216 g/mol. The quantitative estimate of drug-likeness (QED) is 0.673. The molecule has 0 unspecified atom stereocenters. The molecule has 1 aliphatic rings. The molecule has 0 amide bonds. The van der Waals surface area contributed by atoms with Gasteiger partial charge in [-0.15, -0.1) is 0 Å². The maximum Gasteiger partial charge on any atom is 0.124 e. The molecule has 4 nitrogen and oxygen atoms in total. The van der Waals surface area contributed by atoms with Gasteiger partial charge in [0.15, 0.2) is 0 Å². The van der Waals surface area contributed by atoms with Crippen LogP contribution in [0.4, 0.5) is 0 Å². The maximum absolute atomic E-state index is 5.98. The molecule has 16 heavy (non-hydrogen) atoms. The van der Waals surface area contributed by atoms with Gasteiger partial charge in [0.1, 0.15) is 5.82 Å². The number of hydrogen-bond donors (Lipinski definition) is 3. The van der Waals surface area contributed by atoms with Crippen LogP contribution in [0.25, 0.3) is 11.0 Å². The van der Waals surface area contributed by atoms with Gasteiger partial charge in [0, 0.05) is 6.04 Å². The van der Waals surface area contributed by atoms with E-state index in [0.717, 1.165) is 36.2 Å². The predicted molar refractivity (Wildman–Crippen MR) is 64.0 cm³/mol. The lowest BCUT2D eigenvalue weighted by molar-refractivity contribution is 0.360. The molecule has 1 fully saturated rings. The number of nitrogens with two attached hydrogens (primary N) is 1. The van der Waals surface area contributed by atoms with Crippen LogP contribution in [-0.2, 0) is 0 Å². The largest absolute Gasteiger partial charge is 0.341 e. The summed E-state index contributed by atoms with van der Waals surface area (Å²) >= 11 is 0. The second-order valence-corrected chi connectivity index (χ2v) is 4.43. The van der Waals surface area contributed by atoms with Crippen molar-refractivity contribution < 1.29 is 0 Å². The summed E-state index contributed by atoms with van der Waals surface area (Å²) in [5.74, 6) is 1.01. The molecule has 2 aromatic rings. The van der Waals surface area contributed by atoms with Crippen LogP contribution >= 0.6 is 0 Å². The molecule has 0 bridgehead atoms. The minimum absolute atomic E-state index is 0.274. The Balaban J connectivity index is 1.93. The Bertz CT molecular complexity index is 457. The highest BCUT2D eigenvalue weighted by Crippen LogP contribution is 2.22. The lowest BCUT2D eigenvalue weighted by Gasteiger charge is -2.26. The minimum atomic E-state index is 0.274. The number of fused-ring (bicyclic) bond motifs is 1. The van der Waals surface area contributed by atoms with E-state index in [1.165, 1.54) is 0 Å². The van der Waals surface area contributed by atoms with Crippen molar-refractivity contribution in [2.24, 2.45) is 5.73 Å². The lowest BCUT2D eigenvalue weighted by Crippen LogP contribution is -2.39. The average molecular weight is 216 g/mol. The number of rotatable bonds is 1. The van der Waals surface area contributed by atoms with Crippen LogP contribution < -0.4 is 11.1 Å². The lowest BCUT2D eigenvalue weighted by atomic mass is 10.00. The van der Waals surface area contributed by atoms with Crippen LogP contribution in [0, 0.1) is 0 Å². The van der Waals surface area contributed by atoms with Crippen molar-refractivity contribution in [2.45, 2.75) is 24.9 Å². The molecular weight excluding hydrogens is 200 g/mol. The maximum atomic E-state index is 5.98. The van der Waals surface area contributed by atoms with Crippen LogP contribution in [0.3, 0.4) is 0 Å². The number of nitrogens with zero attached hydrogens (tertiary/aromatic N) is 1. The highest BCUT2D eigenvalue weighted by molar-refractivity contribution is 5.74. The molecule has 0 aliphatic carbocycles. The molecule has 84 valence electrons. The number of para-hydroxylation sites is 2. The summed E-state index contributed by atoms with van der Waals surface area (Å²) in [6.45, 7) is 0.975. The van der Waals surface area contributed by atoms with Crippen molar-refractivity contribution >= 4 is 11.0 Å². The Kier molecular flexibility index (Phi) is 2.38. The summed E-state index contributed by atoms with van der Waals surface area (Å²) in [5.41, 5.74) is 8.10. The molecule has 2 heterocycles. The van der Waals surface area contributed by atoms with E-state index < -0.39 is 0 Å². The molecular formula is C12H16N4. The SMILES string of the molecule is N[C@@H]1CCN[C@@H](c2nc3ccccc3[nH]2)C1. The van der Waals surface area contributed by atoms with E-state index in [-0.39, 0.29) is 6.04 Å². The van der Waals surface area contributed by atoms with Gasteiger partial charge >= 0.3 is 0 Å². The van der Waals surface area contributed by atoms with Crippen LogP contribution in [0.5, 0.6) is 0 Å². The Morgan fingerprint density at radius 3 is 3.00 bits per heavy atom. The first-order chi connectivity index (χ1) is 7.83. The molecule has 0 saturated carbocycles. The smallest absolute Gasteiger partial charge is 0.124 e. The first-order valence-corrected chi connectivity index (χ1v) is 5.76. The van der Waals surface area contributed by atoms with Crippen molar-refractivity contribution in [3.8, 4) is 0 Å². The number of imidazole rings is 1. The molecule has 3 rings (SSSR count). The van der Waals surface area contributed by atoms with Gasteiger partial charge < -0.3 is 16.0 Å². The number of hydrogen-bond acceptors (Lipinski definition) is 3. The van der Waals surface area contributed by atoms with Gasteiger partial charge in [0.25, 0.3) is 0 Å². The van der Waals surface area contributed by atoms with Gasteiger partial charge in [-0.3, -0.25) is 0 Å². The number of piperidine rings is 1. The third kappa shape index (κ3) is 1.70. The van der Waals surface area contributed by atoms with Gasteiger partial charge in [0.2, 0.25) is 0 Å². The van der Waals surface area contributed by atoms with E-state index in [4.69, 9.17) is 5.73 Å². The zero-order valence-electron chi connectivity index (χ0n) is 9.11. The Morgan fingerprint density at radius 1 is 1.31 bits per heavy atom. The topological polar surface area (TPSA) is 66.7 Å². The van der Waals surface area contributed by atoms with Crippen molar-refractivity contribution in [3.05, 3.63) is 30.1 Å². The van der Waals surface area contributed by atoms with Crippen molar-refractivity contribution in [1.82, 2.24) is 15.3 Å². The van der Waals surface area contributed by atoms with E-state index in [0.29, 0.717) is 6.04 Å². The number of benzene rings is 1. The fourth-order valence-electron chi connectivity index (χ4n) is 2.29. The van der Waals surface area contributed by atoms with Gasteiger partial charge in [-0.05, 0) is 31.5 Å². The molecule has 4 heteroatoms. The van der Waals surface area contributed by atoms with E-state index >= 15 is 0 Å². The predicted octanol–water partition coefficient (Wildman–Crippen LogP) is 1.31. The van der Waals surface area contributed by atoms with Crippen LogP contribution in [-0.4, -0.2) is 22.6 Å². The third-order valence-electron chi connectivity index (χ3n) is 3.18. The number of aromatic nitrogens is 2. The summed E-state index contributed by atoms with van der Waals surface area (Å²) in [6, 6.07) is 8.67. The number of aromatic amines is 1. The Labute approximate surface area is 94.3 Å². The minimum Gasteiger partial charge on any atom is -0.341 e. The molecule has 0 radical (unpaired) electrons. The summed E-state index contributed by atoms with van der Waals surface area (Å²) in [4.78, 5) is 7.95. The zero-order chi connectivity index (χ0) is 11.0. The molecule has 2 atom stereocenters. The third-order valence-corrected chi connectivity index (χ3v) is 3.18. The summed E-state index contributed by atoms with van der Waals surface area (Å²) in [6.07, 6.45) is 2.01. The molecule has 1 aliphatic heterocycles. The normalized spacial score (nSPS) is 26.1. The highest BCUT2D eigenvalue weighted by atomic mass is 15.0. The fraction of sp³-hybridized carbons (Fsp3) is 0.417. The first kappa shape index (κ1) is 9.81. The van der Waals surface area contributed by atoms with E-state index in [1.807, 2.05) is 18.2 Å². The Hall–Kier alpha value is -1.39. The zero-order valence-corrected chi connectivity index (χ0v) is 9.11. The second-order valence-electron chi connectivity index (χ2n) is 4.43. The Morgan fingerprint density at radius 2 is 2.19 bits per heavy atom. The molecule has 4 N–H and O–H groups in total. The van der Waals surface area contributed by atoms with E-state index in [2.05, 4.69) is 21.4 Å². The first-order valence-electron chi connectivity index (χ1n) is 5.76.